The van der Waals surface area contributed by atoms with Crippen molar-refractivity contribution in [1.29, 1.82) is 0 Å². The highest BCUT2D eigenvalue weighted by Crippen LogP contribution is 2.25. The van der Waals surface area contributed by atoms with E-state index in [0.29, 0.717) is 6.54 Å². The van der Waals surface area contributed by atoms with E-state index in [1.807, 2.05) is 0 Å². The summed E-state index contributed by atoms with van der Waals surface area (Å²) < 4.78 is 0. The summed E-state index contributed by atoms with van der Waals surface area (Å²) in [4.78, 5) is 24.3. The maximum absolute atomic E-state index is 12.0. The molecule has 1 aliphatic rings. The van der Waals surface area contributed by atoms with Crippen molar-refractivity contribution < 1.29 is 14.7 Å². The van der Waals surface area contributed by atoms with Gasteiger partial charge in [-0.2, -0.15) is 0 Å². The van der Waals surface area contributed by atoms with Crippen LogP contribution in [0.1, 0.15) is 39.0 Å². The second kappa shape index (κ2) is 5.87. The first kappa shape index (κ1) is 13.0. The number of amides is 1. The number of rotatable bonds is 4. The average molecular weight is 227 g/mol. The van der Waals surface area contributed by atoms with Gasteiger partial charge >= 0.3 is 5.97 Å². The molecule has 0 saturated heterocycles. The minimum atomic E-state index is -0.844. The Morgan fingerprint density at radius 3 is 2.38 bits per heavy atom. The van der Waals surface area contributed by atoms with Gasteiger partial charge in [0.05, 0.1) is 5.92 Å². The number of carboxylic acid groups (broad SMARTS) is 1. The minimum Gasteiger partial charge on any atom is -0.481 e. The molecule has 0 aliphatic heterocycles. The summed E-state index contributed by atoms with van der Waals surface area (Å²) in [7, 11) is 1.70. The molecule has 1 fully saturated rings. The SMILES string of the molecule is CC(CN(C)C(=O)C1CCCCC1)C(=O)O. The van der Waals surface area contributed by atoms with E-state index >= 15 is 0 Å². The maximum Gasteiger partial charge on any atom is 0.308 e. The fraction of sp³-hybridized carbons (Fsp3) is 0.833. The first-order valence-corrected chi connectivity index (χ1v) is 6.00. The van der Waals surface area contributed by atoms with E-state index in [1.165, 1.54) is 6.42 Å². The molecule has 16 heavy (non-hydrogen) atoms. The first-order chi connectivity index (χ1) is 7.52. The summed E-state index contributed by atoms with van der Waals surface area (Å²) in [5.74, 6) is -1.09. The lowest BCUT2D eigenvalue weighted by atomic mass is 9.88. The second-order valence-electron chi connectivity index (χ2n) is 4.79. The van der Waals surface area contributed by atoms with Gasteiger partial charge in [-0.3, -0.25) is 9.59 Å². The lowest BCUT2D eigenvalue weighted by Crippen LogP contribution is -2.38. The van der Waals surface area contributed by atoms with Crippen LogP contribution in [-0.2, 0) is 9.59 Å². The molecule has 92 valence electrons. The number of carbonyl (C=O) groups excluding carboxylic acids is 1. The fourth-order valence-electron chi connectivity index (χ4n) is 2.24. The zero-order valence-electron chi connectivity index (χ0n) is 10.1. The van der Waals surface area contributed by atoms with Crippen LogP contribution in [0.4, 0.5) is 0 Å². The van der Waals surface area contributed by atoms with Crippen molar-refractivity contribution in [3.05, 3.63) is 0 Å². The smallest absolute Gasteiger partial charge is 0.308 e. The third-order valence-corrected chi connectivity index (χ3v) is 3.30. The van der Waals surface area contributed by atoms with Crippen LogP contribution in [0, 0.1) is 11.8 Å². The Hall–Kier alpha value is -1.06. The normalized spacial score (nSPS) is 19.1. The molecule has 4 heteroatoms. The highest BCUT2D eigenvalue weighted by molar-refractivity contribution is 5.79. The van der Waals surface area contributed by atoms with Gasteiger partial charge in [0, 0.05) is 19.5 Å². The molecule has 1 N–H and O–H groups in total. The molecule has 0 aromatic rings. The molecule has 0 bridgehead atoms. The molecule has 0 aromatic carbocycles. The highest BCUT2D eigenvalue weighted by atomic mass is 16.4. The van der Waals surface area contributed by atoms with E-state index in [-0.39, 0.29) is 11.8 Å². The Bertz CT molecular complexity index is 259. The van der Waals surface area contributed by atoms with Crippen LogP contribution in [0.5, 0.6) is 0 Å². The van der Waals surface area contributed by atoms with E-state index in [4.69, 9.17) is 5.11 Å². The summed E-state index contributed by atoms with van der Waals surface area (Å²) in [6.07, 6.45) is 5.39. The van der Waals surface area contributed by atoms with Gasteiger partial charge in [0.1, 0.15) is 0 Å². The van der Waals surface area contributed by atoms with E-state index in [1.54, 1.807) is 18.9 Å². The zero-order valence-corrected chi connectivity index (χ0v) is 10.1. The number of nitrogens with zero attached hydrogens (tertiary/aromatic N) is 1. The number of carboxylic acids is 1. The molecule has 0 aromatic heterocycles. The van der Waals surface area contributed by atoms with Crippen LogP contribution in [-0.4, -0.2) is 35.5 Å². The summed E-state index contributed by atoms with van der Waals surface area (Å²) in [5.41, 5.74) is 0. The quantitative estimate of drug-likeness (QED) is 0.796. The Labute approximate surface area is 96.6 Å². The van der Waals surface area contributed by atoms with E-state index in [0.717, 1.165) is 25.7 Å². The van der Waals surface area contributed by atoms with Crippen molar-refractivity contribution in [2.24, 2.45) is 11.8 Å². The van der Waals surface area contributed by atoms with Crippen LogP contribution < -0.4 is 0 Å². The van der Waals surface area contributed by atoms with Crippen LogP contribution in [0.15, 0.2) is 0 Å². The monoisotopic (exact) mass is 227 g/mol. The van der Waals surface area contributed by atoms with Gasteiger partial charge in [0.25, 0.3) is 0 Å². The topological polar surface area (TPSA) is 57.6 Å². The molecule has 0 heterocycles. The predicted octanol–water partition coefficient (Wildman–Crippen LogP) is 1.75. The standard InChI is InChI=1S/C12H21NO3/c1-9(12(15)16)8-13(2)11(14)10-6-4-3-5-7-10/h9-10H,3-8H2,1-2H3,(H,15,16). The first-order valence-electron chi connectivity index (χ1n) is 6.00. The van der Waals surface area contributed by atoms with Gasteiger partial charge in [-0.25, -0.2) is 0 Å². The highest BCUT2D eigenvalue weighted by Gasteiger charge is 2.25. The molecule has 4 nitrogen and oxygen atoms in total. The Morgan fingerprint density at radius 1 is 1.31 bits per heavy atom. The molecule has 1 amide bonds. The van der Waals surface area contributed by atoms with Crippen molar-refractivity contribution in [1.82, 2.24) is 4.90 Å². The molecule has 1 unspecified atom stereocenters. The van der Waals surface area contributed by atoms with Gasteiger partial charge in [-0.1, -0.05) is 26.2 Å². The summed E-state index contributed by atoms with van der Waals surface area (Å²) in [6.45, 7) is 1.94. The maximum atomic E-state index is 12.0. The number of carbonyl (C=O) groups is 2. The molecule has 1 aliphatic carbocycles. The summed E-state index contributed by atoms with van der Waals surface area (Å²) >= 11 is 0. The minimum absolute atomic E-state index is 0.118. The van der Waals surface area contributed by atoms with Crippen molar-refractivity contribution in [2.75, 3.05) is 13.6 Å². The van der Waals surface area contributed by atoms with Gasteiger partial charge < -0.3 is 10.0 Å². The molecule has 0 radical (unpaired) electrons. The molecule has 0 spiro atoms. The van der Waals surface area contributed by atoms with Gasteiger partial charge in [0.15, 0.2) is 0 Å². The predicted molar refractivity (Wildman–Crippen MR) is 61.0 cm³/mol. The molecule has 1 saturated carbocycles. The average Bonchev–Trinajstić information content (AvgIpc) is 2.28. The Kier molecular flexibility index (Phi) is 4.77. The van der Waals surface area contributed by atoms with Gasteiger partial charge in [-0.05, 0) is 12.8 Å². The molecule has 1 rings (SSSR count). The lowest BCUT2D eigenvalue weighted by molar-refractivity contribution is -0.143. The van der Waals surface area contributed by atoms with Crippen LogP contribution in [0.25, 0.3) is 0 Å². The Morgan fingerprint density at radius 2 is 1.88 bits per heavy atom. The van der Waals surface area contributed by atoms with Gasteiger partial charge in [0.2, 0.25) is 5.91 Å². The summed E-state index contributed by atoms with van der Waals surface area (Å²) in [6, 6.07) is 0. The van der Waals surface area contributed by atoms with E-state index < -0.39 is 11.9 Å². The van der Waals surface area contributed by atoms with Crippen molar-refractivity contribution in [3.8, 4) is 0 Å². The zero-order chi connectivity index (χ0) is 12.1. The van der Waals surface area contributed by atoms with Gasteiger partial charge in [-0.15, -0.1) is 0 Å². The van der Waals surface area contributed by atoms with Crippen molar-refractivity contribution in [2.45, 2.75) is 39.0 Å². The number of hydrogen-bond donors (Lipinski definition) is 1. The molecule has 1 atom stereocenters. The third-order valence-electron chi connectivity index (χ3n) is 3.30. The largest absolute Gasteiger partial charge is 0.481 e. The molecular weight excluding hydrogens is 206 g/mol. The number of hydrogen-bond acceptors (Lipinski definition) is 2. The van der Waals surface area contributed by atoms with Crippen LogP contribution in [0.3, 0.4) is 0 Å². The lowest BCUT2D eigenvalue weighted by Gasteiger charge is -2.27. The summed E-state index contributed by atoms with van der Waals surface area (Å²) in [5, 5.41) is 8.79. The van der Waals surface area contributed by atoms with Crippen LogP contribution >= 0.6 is 0 Å². The third kappa shape index (κ3) is 3.51. The number of aliphatic carboxylic acids is 1. The molecular formula is C12H21NO3. The van der Waals surface area contributed by atoms with Crippen molar-refractivity contribution >= 4 is 11.9 Å². The van der Waals surface area contributed by atoms with E-state index in [2.05, 4.69) is 0 Å². The van der Waals surface area contributed by atoms with Crippen LogP contribution in [0.2, 0.25) is 0 Å². The Balaban J connectivity index is 2.43. The second-order valence-corrected chi connectivity index (χ2v) is 4.79. The van der Waals surface area contributed by atoms with Crippen molar-refractivity contribution in [3.63, 3.8) is 0 Å². The fourth-order valence-corrected chi connectivity index (χ4v) is 2.24. The van der Waals surface area contributed by atoms with E-state index in [9.17, 15) is 9.59 Å².